The summed E-state index contributed by atoms with van der Waals surface area (Å²) in [5.74, 6) is -1.49. The van der Waals surface area contributed by atoms with Gasteiger partial charge in [0.15, 0.2) is 0 Å². The number of carboxylic acid groups (broad SMARTS) is 1. The molecule has 17 heavy (non-hydrogen) atoms. The SMILES string of the molecule is O=C([O-])c1nc2ccc(C(F)(F)F)cc2s1.[Li+]. The van der Waals surface area contributed by atoms with Crippen LogP contribution in [0.2, 0.25) is 0 Å². The first-order valence-electron chi connectivity index (χ1n) is 4.07. The molecule has 1 heterocycles. The van der Waals surface area contributed by atoms with E-state index in [0.717, 1.165) is 18.2 Å². The molecule has 1 aromatic carbocycles. The second-order valence-corrected chi connectivity index (χ2v) is 4.02. The van der Waals surface area contributed by atoms with Gasteiger partial charge in [0.1, 0.15) is 11.0 Å². The number of nitrogens with zero attached hydrogens (tertiary/aromatic N) is 1. The molecular formula is C9H3F3LiNO2S. The molecule has 84 valence electrons. The molecule has 0 aliphatic heterocycles. The van der Waals surface area contributed by atoms with E-state index in [1.54, 1.807) is 0 Å². The van der Waals surface area contributed by atoms with Crippen LogP contribution in [0.4, 0.5) is 13.2 Å². The minimum absolute atomic E-state index is 0. The Morgan fingerprint density at radius 3 is 2.53 bits per heavy atom. The first-order chi connectivity index (χ1) is 7.38. The van der Waals surface area contributed by atoms with Crippen molar-refractivity contribution in [3.05, 3.63) is 28.8 Å². The Balaban J connectivity index is 0.00000144. The summed E-state index contributed by atoms with van der Waals surface area (Å²) >= 11 is 0.662. The summed E-state index contributed by atoms with van der Waals surface area (Å²) in [5, 5.41) is 10.1. The third kappa shape index (κ3) is 2.80. The maximum Gasteiger partial charge on any atom is 1.00 e. The van der Waals surface area contributed by atoms with Gasteiger partial charge in [0, 0.05) is 0 Å². The van der Waals surface area contributed by atoms with E-state index in [2.05, 4.69) is 4.98 Å². The van der Waals surface area contributed by atoms with Gasteiger partial charge in [-0.1, -0.05) is 0 Å². The van der Waals surface area contributed by atoms with Crippen molar-refractivity contribution in [2.24, 2.45) is 0 Å². The molecule has 0 amide bonds. The van der Waals surface area contributed by atoms with Crippen molar-refractivity contribution in [3.8, 4) is 0 Å². The fourth-order valence-corrected chi connectivity index (χ4v) is 2.03. The number of halogens is 3. The van der Waals surface area contributed by atoms with Crippen LogP contribution in [-0.4, -0.2) is 11.0 Å². The molecular weight excluding hydrogens is 250 g/mol. The average Bonchev–Trinajstić information content (AvgIpc) is 2.58. The Morgan fingerprint density at radius 2 is 2.00 bits per heavy atom. The molecule has 8 heteroatoms. The van der Waals surface area contributed by atoms with Crippen molar-refractivity contribution < 1.29 is 41.9 Å². The third-order valence-electron chi connectivity index (χ3n) is 1.89. The maximum atomic E-state index is 12.3. The second-order valence-electron chi connectivity index (χ2n) is 2.99. The predicted molar refractivity (Wildman–Crippen MR) is 49.0 cm³/mol. The number of aromatic carboxylic acids is 1. The van der Waals surface area contributed by atoms with Gasteiger partial charge in [-0.15, -0.1) is 11.3 Å². The van der Waals surface area contributed by atoms with Gasteiger partial charge in [0.2, 0.25) is 0 Å². The molecule has 2 rings (SSSR count). The Hall–Kier alpha value is -1.03. The number of carboxylic acids is 1. The van der Waals surface area contributed by atoms with Crippen LogP contribution >= 0.6 is 11.3 Å². The fourth-order valence-electron chi connectivity index (χ4n) is 1.19. The van der Waals surface area contributed by atoms with E-state index in [1.165, 1.54) is 0 Å². The Labute approximate surface area is 109 Å². The molecule has 0 aliphatic rings. The largest absolute Gasteiger partial charge is 1.00 e. The Bertz CT molecular complexity index is 567. The molecule has 0 atom stereocenters. The van der Waals surface area contributed by atoms with Crippen LogP contribution in [0, 0.1) is 0 Å². The average molecular weight is 253 g/mol. The van der Waals surface area contributed by atoms with E-state index in [1.807, 2.05) is 0 Å². The normalized spacial score (nSPS) is 11.2. The van der Waals surface area contributed by atoms with Gasteiger partial charge < -0.3 is 9.90 Å². The molecule has 0 saturated heterocycles. The summed E-state index contributed by atoms with van der Waals surface area (Å²) in [6.07, 6.45) is -4.44. The quantitative estimate of drug-likeness (QED) is 0.592. The van der Waals surface area contributed by atoms with Crippen LogP contribution in [0.5, 0.6) is 0 Å². The molecule has 0 N–H and O–H groups in total. The molecule has 0 aliphatic carbocycles. The summed E-state index contributed by atoms with van der Waals surface area (Å²) in [6, 6.07) is 2.88. The molecule has 2 aromatic rings. The summed E-state index contributed by atoms with van der Waals surface area (Å²) in [5.41, 5.74) is -0.606. The Kier molecular flexibility index (Phi) is 3.87. The summed E-state index contributed by atoms with van der Waals surface area (Å²) in [7, 11) is 0. The van der Waals surface area contributed by atoms with Crippen LogP contribution in [0.1, 0.15) is 15.4 Å². The molecule has 3 nitrogen and oxygen atoms in total. The van der Waals surface area contributed by atoms with Crippen LogP contribution in [0.15, 0.2) is 18.2 Å². The number of carbonyl (C=O) groups excluding carboxylic acids is 1. The number of carbonyl (C=O) groups is 1. The standard InChI is InChI=1S/C9H4F3NO2S.Li/c10-9(11,12)4-1-2-5-6(3-4)16-7(13-5)8(14)15;/h1-3H,(H,14,15);/q;+1/p-1. The molecule has 1 aromatic heterocycles. The number of rotatable bonds is 1. The van der Waals surface area contributed by atoms with Crippen molar-refractivity contribution in [1.29, 1.82) is 0 Å². The van der Waals surface area contributed by atoms with Gasteiger partial charge in [-0.2, -0.15) is 13.2 Å². The minimum atomic E-state index is -4.44. The summed E-state index contributed by atoms with van der Waals surface area (Å²) in [4.78, 5) is 14.1. The van der Waals surface area contributed by atoms with E-state index in [-0.39, 0.29) is 34.1 Å². The number of aromatic nitrogens is 1. The van der Waals surface area contributed by atoms with Gasteiger partial charge >= 0.3 is 25.0 Å². The first-order valence-corrected chi connectivity index (χ1v) is 4.89. The summed E-state index contributed by atoms with van der Waals surface area (Å²) in [6.45, 7) is 0. The van der Waals surface area contributed by atoms with E-state index in [9.17, 15) is 23.1 Å². The zero-order valence-electron chi connectivity index (χ0n) is 8.54. The maximum absolute atomic E-state index is 12.3. The Morgan fingerprint density at radius 1 is 1.35 bits per heavy atom. The van der Waals surface area contributed by atoms with E-state index in [4.69, 9.17) is 0 Å². The topological polar surface area (TPSA) is 53.0 Å². The molecule has 0 saturated carbocycles. The zero-order valence-corrected chi connectivity index (χ0v) is 9.35. The van der Waals surface area contributed by atoms with Gasteiger partial charge in [0.05, 0.1) is 15.8 Å². The summed E-state index contributed by atoms with van der Waals surface area (Å²) < 4.78 is 37.2. The minimum Gasteiger partial charge on any atom is -0.542 e. The third-order valence-corrected chi connectivity index (χ3v) is 2.89. The van der Waals surface area contributed by atoms with Crippen LogP contribution in [0.25, 0.3) is 10.2 Å². The van der Waals surface area contributed by atoms with Crippen molar-refractivity contribution in [3.63, 3.8) is 0 Å². The molecule has 0 fully saturated rings. The molecule has 0 radical (unpaired) electrons. The van der Waals surface area contributed by atoms with Crippen LogP contribution < -0.4 is 24.0 Å². The van der Waals surface area contributed by atoms with Crippen molar-refractivity contribution in [2.45, 2.75) is 6.18 Å². The zero-order chi connectivity index (χ0) is 11.9. The van der Waals surface area contributed by atoms with Gasteiger partial charge in [0.25, 0.3) is 0 Å². The van der Waals surface area contributed by atoms with Gasteiger partial charge in [-0.05, 0) is 18.2 Å². The predicted octanol–water partition coefficient (Wildman–Crippen LogP) is -1.32. The van der Waals surface area contributed by atoms with Crippen LogP contribution in [0.3, 0.4) is 0 Å². The molecule has 0 bridgehead atoms. The van der Waals surface area contributed by atoms with E-state index >= 15 is 0 Å². The fraction of sp³-hybridized carbons (Fsp3) is 0.111. The second kappa shape index (κ2) is 4.68. The number of fused-ring (bicyclic) bond motifs is 1. The number of hydrogen-bond acceptors (Lipinski definition) is 4. The number of hydrogen-bond donors (Lipinski definition) is 0. The molecule has 0 unspecified atom stereocenters. The van der Waals surface area contributed by atoms with Crippen LogP contribution in [-0.2, 0) is 6.18 Å². The number of alkyl halides is 3. The van der Waals surface area contributed by atoms with Gasteiger partial charge in [-0.3, -0.25) is 0 Å². The number of thiazole rings is 1. The first kappa shape index (κ1) is 14.0. The van der Waals surface area contributed by atoms with Crippen molar-refractivity contribution in [2.75, 3.05) is 0 Å². The molecule has 0 spiro atoms. The monoisotopic (exact) mass is 253 g/mol. The van der Waals surface area contributed by atoms with Gasteiger partial charge in [-0.25, -0.2) is 4.98 Å². The van der Waals surface area contributed by atoms with Crippen molar-refractivity contribution >= 4 is 27.5 Å². The number of benzene rings is 1. The van der Waals surface area contributed by atoms with E-state index in [0.29, 0.717) is 11.3 Å². The smallest absolute Gasteiger partial charge is 0.542 e. The van der Waals surface area contributed by atoms with E-state index < -0.39 is 17.7 Å². The van der Waals surface area contributed by atoms with Crippen molar-refractivity contribution in [1.82, 2.24) is 4.98 Å².